The average molecular weight is 440 g/mol. The number of hydrogen-bond donors (Lipinski definition) is 1. The number of nitrogens with zero attached hydrogens (tertiary/aromatic N) is 2. The molecule has 0 aliphatic heterocycles. The second-order valence-corrected chi connectivity index (χ2v) is 5.74. The van der Waals surface area contributed by atoms with Crippen molar-refractivity contribution in [2.24, 2.45) is 0 Å². The molecule has 1 N–H and O–H groups in total. The van der Waals surface area contributed by atoms with Gasteiger partial charge in [0.15, 0.2) is 12.5 Å². The fourth-order valence-electron chi connectivity index (χ4n) is 1.47. The van der Waals surface area contributed by atoms with E-state index in [2.05, 4.69) is 31.9 Å². The van der Waals surface area contributed by atoms with E-state index < -0.39 is 0 Å². The minimum Gasteiger partial charge on any atom is -0.505 e. The van der Waals surface area contributed by atoms with Gasteiger partial charge in [0.25, 0.3) is 0 Å². The number of rotatable bonds is 3. The van der Waals surface area contributed by atoms with Gasteiger partial charge in [0.2, 0.25) is 0 Å². The summed E-state index contributed by atoms with van der Waals surface area (Å²) in [5, 5.41) is 26.3. The van der Waals surface area contributed by atoms with Gasteiger partial charge in [0.05, 0.1) is 20.1 Å². The van der Waals surface area contributed by atoms with Crippen molar-refractivity contribution in [3.8, 4) is 23.6 Å². The number of phenols is 1. The summed E-state index contributed by atoms with van der Waals surface area (Å²) in [6.07, 6.45) is 0. The molecule has 23 heavy (non-hydrogen) atoms. The monoisotopic (exact) mass is 438 g/mol. The van der Waals surface area contributed by atoms with E-state index in [1.54, 1.807) is 30.3 Å². The zero-order chi connectivity index (χ0) is 17.2. The number of methoxy groups -OCH3 is 1. The second-order valence-electron chi connectivity index (χ2n) is 4.03. The lowest BCUT2D eigenvalue weighted by molar-refractivity contribution is 0.0504. The number of ether oxygens (including phenoxy) is 2. The van der Waals surface area contributed by atoms with Crippen LogP contribution in [0.15, 0.2) is 45.3 Å². The molecule has 118 valence electrons. The molecule has 5 nitrogen and oxygen atoms in total. The van der Waals surface area contributed by atoms with E-state index in [0.717, 1.165) is 4.47 Å². The van der Waals surface area contributed by atoms with Crippen molar-refractivity contribution in [3.05, 3.63) is 56.5 Å². The summed E-state index contributed by atoms with van der Waals surface area (Å²) in [7, 11) is 1.53. The Balaban J connectivity index is 0.000000238. The van der Waals surface area contributed by atoms with Crippen LogP contribution in [-0.2, 0) is 4.74 Å². The molecule has 0 aliphatic carbocycles. The lowest BCUT2D eigenvalue weighted by Crippen LogP contribution is -2.01. The fraction of sp³-hybridized carbons (Fsp3) is 0.125. The van der Waals surface area contributed by atoms with Gasteiger partial charge in [0.1, 0.15) is 17.9 Å². The van der Waals surface area contributed by atoms with E-state index in [9.17, 15) is 0 Å². The van der Waals surface area contributed by atoms with E-state index in [1.165, 1.54) is 7.11 Å². The predicted molar refractivity (Wildman–Crippen MR) is 91.9 cm³/mol. The molecule has 0 unspecified atom stereocenters. The van der Waals surface area contributed by atoms with Crippen molar-refractivity contribution in [2.75, 3.05) is 13.9 Å². The maximum absolute atomic E-state index is 9.13. The molecule has 0 bridgehead atoms. The van der Waals surface area contributed by atoms with Gasteiger partial charge in [-0.3, -0.25) is 0 Å². The summed E-state index contributed by atoms with van der Waals surface area (Å²) in [6, 6.07) is 14.1. The minimum atomic E-state index is 0.00463. The Labute approximate surface area is 150 Å². The van der Waals surface area contributed by atoms with E-state index in [0.29, 0.717) is 15.8 Å². The number of para-hydroxylation sites is 2. The van der Waals surface area contributed by atoms with Crippen LogP contribution in [0.3, 0.4) is 0 Å². The predicted octanol–water partition coefficient (Wildman–Crippen LogP) is 4.33. The maximum atomic E-state index is 9.13. The Kier molecular flexibility index (Phi) is 8.14. The largest absolute Gasteiger partial charge is 0.505 e. The van der Waals surface area contributed by atoms with Crippen molar-refractivity contribution in [3.63, 3.8) is 0 Å². The molecule has 0 aromatic heterocycles. The highest BCUT2D eigenvalue weighted by molar-refractivity contribution is 9.10. The zero-order valence-electron chi connectivity index (χ0n) is 12.1. The molecule has 0 amide bonds. The molecule has 2 aromatic carbocycles. The molecule has 2 rings (SSSR count). The van der Waals surface area contributed by atoms with Gasteiger partial charge in [-0.1, -0.05) is 12.1 Å². The Morgan fingerprint density at radius 2 is 1.57 bits per heavy atom. The van der Waals surface area contributed by atoms with Crippen LogP contribution < -0.4 is 4.74 Å². The zero-order valence-corrected chi connectivity index (χ0v) is 15.3. The van der Waals surface area contributed by atoms with E-state index in [1.807, 2.05) is 18.2 Å². The Bertz CT molecular complexity index is 752. The molecule has 7 heteroatoms. The fourth-order valence-corrected chi connectivity index (χ4v) is 2.31. The third-order valence-corrected chi connectivity index (χ3v) is 3.78. The third-order valence-electron chi connectivity index (χ3n) is 2.52. The SMILES string of the molecule is COCOc1c(Br)cccc1C#N.N#Cc1cccc(Br)c1O. The van der Waals surface area contributed by atoms with Gasteiger partial charge in [-0.2, -0.15) is 10.5 Å². The van der Waals surface area contributed by atoms with Gasteiger partial charge in [-0.15, -0.1) is 0 Å². The van der Waals surface area contributed by atoms with Gasteiger partial charge in [-0.25, -0.2) is 0 Å². The summed E-state index contributed by atoms with van der Waals surface area (Å²) in [6.45, 7) is 0.136. The first-order valence-corrected chi connectivity index (χ1v) is 7.81. The highest BCUT2D eigenvalue weighted by Crippen LogP contribution is 2.28. The molecule has 2 aromatic rings. The van der Waals surface area contributed by atoms with Crippen LogP contribution in [0.2, 0.25) is 0 Å². The van der Waals surface area contributed by atoms with Crippen LogP contribution in [0.5, 0.6) is 11.5 Å². The molecule has 0 radical (unpaired) electrons. The molecule has 0 heterocycles. The van der Waals surface area contributed by atoms with Gasteiger partial charge >= 0.3 is 0 Å². The van der Waals surface area contributed by atoms with E-state index in [-0.39, 0.29) is 18.1 Å². The summed E-state index contributed by atoms with van der Waals surface area (Å²) < 4.78 is 11.3. The average Bonchev–Trinajstić information content (AvgIpc) is 2.56. The maximum Gasteiger partial charge on any atom is 0.188 e. The Morgan fingerprint density at radius 3 is 2.09 bits per heavy atom. The van der Waals surface area contributed by atoms with Crippen LogP contribution in [0.4, 0.5) is 0 Å². The summed E-state index contributed by atoms with van der Waals surface area (Å²) in [4.78, 5) is 0. The van der Waals surface area contributed by atoms with Gasteiger partial charge < -0.3 is 14.6 Å². The normalized spacial score (nSPS) is 9.09. The molecule has 0 spiro atoms. The summed E-state index contributed by atoms with van der Waals surface area (Å²) >= 11 is 6.37. The first-order valence-electron chi connectivity index (χ1n) is 6.23. The Hall–Kier alpha value is -2.06. The van der Waals surface area contributed by atoms with Crippen molar-refractivity contribution in [1.29, 1.82) is 10.5 Å². The van der Waals surface area contributed by atoms with Crippen molar-refractivity contribution in [2.45, 2.75) is 0 Å². The molecular formula is C16H12Br2N2O3. The lowest BCUT2D eigenvalue weighted by Gasteiger charge is -2.07. The number of hydrogen-bond acceptors (Lipinski definition) is 5. The molecule has 0 atom stereocenters. The highest BCUT2D eigenvalue weighted by Gasteiger charge is 2.06. The number of aromatic hydroxyl groups is 1. The molecule has 0 aliphatic rings. The third kappa shape index (κ3) is 5.57. The molecule has 0 saturated heterocycles. The van der Waals surface area contributed by atoms with Crippen molar-refractivity contribution >= 4 is 31.9 Å². The van der Waals surface area contributed by atoms with Gasteiger partial charge in [-0.05, 0) is 56.1 Å². The summed E-state index contributed by atoms with van der Waals surface area (Å²) in [5.41, 5.74) is 0.779. The van der Waals surface area contributed by atoms with Crippen molar-refractivity contribution < 1.29 is 14.6 Å². The van der Waals surface area contributed by atoms with Crippen LogP contribution in [-0.4, -0.2) is 19.0 Å². The smallest absolute Gasteiger partial charge is 0.188 e. The van der Waals surface area contributed by atoms with Crippen LogP contribution in [0.25, 0.3) is 0 Å². The second kappa shape index (κ2) is 9.86. The standard InChI is InChI=1S/C9H8BrNO2.C7H4BrNO/c1-12-6-13-9-7(5-11)3-2-4-8(9)10;8-6-3-1-2-5(4-9)7(6)10/h2-4H,6H2,1H3;1-3,10H. The minimum absolute atomic E-state index is 0.00463. The van der Waals surface area contributed by atoms with Crippen LogP contribution in [0.1, 0.15) is 11.1 Å². The number of halogens is 2. The van der Waals surface area contributed by atoms with Gasteiger partial charge in [0, 0.05) is 7.11 Å². The van der Waals surface area contributed by atoms with E-state index >= 15 is 0 Å². The quantitative estimate of drug-likeness (QED) is 0.719. The first kappa shape index (κ1) is 19.0. The van der Waals surface area contributed by atoms with Crippen LogP contribution in [0, 0.1) is 22.7 Å². The number of phenolic OH excluding ortho intramolecular Hbond substituents is 1. The molecule has 0 fully saturated rings. The van der Waals surface area contributed by atoms with Crippen LogP contribution >= 0.6 is 31.9 Å². The Morgan fingerprint density at radius 1 is 1.00 bits per heavy atom. The number of nitriles is 2. The molecular weight excluding hydrogens is 428 g/mol. The van der Waals surface area contributed by atoms with E-state index in [4.69, 9.17) is 25.1 Å². The number of benzene rings is 2. The first-order chi connectivity index (χ1) is 11.0. The lowest BCUT2D eigenvalue weighted by atomic mass is 10.2. The highest BCUT2D eigenvalue weighted by atomic mass is 79.9. The summed E-state index contributed by atoms with van der Waals surface area (Å²) in [5.74, 6) is 0.525. The topological polar surface area (TPSA) is 86.3 Å². The molecule has 0 saturated carbocycles. The van der Waals surface area contributed by atoms with Crippen molar-refractivity contribution in [1.82, 2.24) is 0 Å².